The molecule has 2 heterocycles. The molecule has 8 heteroatoms. The molecule has 0 aliphatic carbocycles. The van der Waals surface area contributed by atoms with Gasteiger partial charge in [0.2, 0.25) is 5.89 Å². The summed E-state index contributed by atoms with van der Waals surface area (Å²) in [5.74, 6) is 0.303. The zero-order valence-electron chi connectivity index (χ0n) is 18.0. The topological polar surface area (TPSA) is 83.8 Å². The molecule has 0 saturated heterocycles. The number of hydrogen-bond donors (Lipinski definition) is 2. The number of fused-ring (bicyclic) bond motifs is 2. The van der Waals surface area contributed by atoms with Gasteiger partial charge in [-0.1, -0.05) is 68.3 Å². The van der Waals surface area contributed by atoms with Crippen LogP contribution >= 0.6 is 31.9 Å². The van der Waals surface area contributed by atoms with E-state index in [2.05, 4.69) is 59.5 Å². The standard InChI is InChI=1S/C27H16Br2N4O2/c28-19-9-18(10-20(29)13-19)26(34)31-21-7-5-15(6-8-21)25-22(14-30-33-25)27-32-23-11-16-3-1-2-4-17(16)12-24(23)35-27/h1-14H,(H,30,33)(H,31,34). The van der Waals surface area contributed by atoms with Crippen molar-refractivity contribution >= 4 is 65.3 Å². The second kappa shape index (κ2) is 8.79. The van der Waals surface area contributed by atoms with Crippen molar-refractivity contribution in [3.05, 3.63) is 99.6 Å². The Morgan fingerprint density at radius 3 is 2.34 bits per heavy atom. The third kappa shape index (κ3) is 4.26. The predicted octanol–water partition coefficient (Wildman–Crippen LogP) is 7.82. The third-order valence-corrected chi connectivity index (χ3v) is 6.60. The molecule has 6 rings (SSSR count). The Balaban J connectivity index is 1.28. The zero-order chi connectivity index (χ0) is 23.9. The van der Waals surface area contributed by atoms with E-state index in [0.717, 1.165) is 47.6 Å². The molecular formula is C27H16Br2N4O2. The normalized spacial score (nSPS) is 11.3. The first-order valence-electron chi connectivity index (χ1n) is 10.7. The summed E-state index contributed by atoms with van der Waals surface area (Å²) in [6.45, 7) is 0. The Hall–Kier alpha value is -3.75. The molecule has 2 N–H and O–H groups in total. The minimum Gasteiger partial charge on any atom is -0.436 e. The smallest absolute Gasteiger partial charge is 0.255 e. The van der Waals surface area contributed by atoms with Gasteiger partial charge < -0.3 is 9.73 Å². The van der Waals surface area contributed by atoms with Crippen LogP contribution in [0.2, 0.25) is 0 Å². The molecule has 0 unspecified atom stereocenters. The molecule has 0 radical (unpaired) electrons. The Labute approximate surface area is 216 Å². The summed E-state index contributed by atoms with van der Waals surface area (Å²) >= 11 is 6.83. The number of carbonyl (C=O) groups is 1. The number of amides is 1. The Bertz CT molecular complexity index is 1650. The van der Waals surface area contributed by atoms with E-state index in [9.17, 15) is 4.79 Å². The van der Waals surface area contributed by atoms with Gasteiger partial charge in [-0.2, -0.15) is 5.10 Å². The highest BCUT2D eigenvalue weighted by molar-refractivity contribution is 9.11. The molecule has 6 nitrogen and oxygen atoms in total. The van der Waals surface area contributed by atoms with E-state index in [1.165, 1.54) is 0 Å². The molecule has 170 valence electrons. The minimum atomic E-state index is -0.194. The molecule has 0 aliphatic rings. The Kier molecular flexibility index (Phi) is 5.47. The number of benzene rings is 4. The quantitative estimate of drug-likeness (QED) is 0.220. The molecule has 0 fully saturated rings. The molecule has 0 saturated carbocycles. The molecule has 4 aromatic carbocycles. The summed E-state index contributed by atoms with van der Waals surface area (Å²) in [5, 5.41) is 12.4. The van der Waals surface area contributed by atoms with Crippen molar-refractivity contribution in [2.75, 3.05) is 5.32 Å². The SMILES string of the molecule is O=C(Nc1ccc(-c2[nH]ncc2-c2nc3cc4ccccc4cc3o2)cc1)c1cc(Br)cc(Br)c1. The minimum absolute atomic E-state index is 0.194. The van der Waals surface area contributed by atoms with E-state index < -0.39 is 0 Å². The van der Waals surface area contributed by atoms with Crippen LogP contribution in [0, 0.1) is 0 Å². The monoisotopic (exact) mass is 586 g/mol. The molecule has 0 aliphatic heterocycles. The van der Waals surface area contributed by atoms with Crippen LogP contribution in [0.25, 0.3) is 44.6 Å². The van der Waals surface area contributed by atoms with Gasteiger partial charge in [0.15, 0.2) is 5.58 Å². The zero-order valence-corrected chi connectivity index (χ0v) is 21.2. The average Bonchev–Trinajstić information content (AvgIpc) is 3.49. The second-order valence-electron chi connectivity index (χ2n) is 8.03. The van der Waals surface area contributed by atoms with Gasteiger partial charge in [0, 0.05) is 25.8 Å². The van der Waals surface area contributed by atoms with E-state index in [1.807, 2.05) is 54.6 Å². The second-order valence-corrected chi connectivity index (χ2v) is 9.87. The number of aromatic nitrogens is 3. The lowest BCUT2D eigenvalue weighted by atomic mass is 10.1. The van der Waals surface area contributed by atoms with Gasteiger partial charge >= 0.3 is 0 Å². The van der Waals surface area contributed by atoms with Crippen molar-refractivity contribution in [2.24, 2.45) is 0 Å². The van der Waals surface area contributed by atoms with Crippen LogP contribution in [-0.2, 0) is 0 Å². The number of carbonyl (C=O) groups excluding carboxylic acids is 1. The summed E-state index contributed by atoms with van der Waals surface area (Å²) in [6.07, 6.45) is 1.71. The number of anilines is 1. The largest absolute Gasteiger partial charge is 0.436 e. The number of aromatic amines is 1. The maximum atomic E-state index is 12.7. The van der Waals surface area contributed by atoms with Crippen LogP contribution < -0.4 is 5.32 Å². The molecule has 1 amide bonds. The van der Waals surface area contributed by atoms with Crippen molar-refractivity contribution in [1.82, 2.24) is 15.2 Å². The van der Waals surface area contributed by atoms with Gasteiger partial charge in [-0.3, -0.25) is 9.89 Å². The summed E-state index contributed by atoms with van der Waals surface area (Å²) in [5.41, 5.74) is 5.20. The van der Waals surface area contributed by atoms with E-state index >= 15 is 0 Å². The van der Waals surface area contributed by atoms with Crippen molar-refractivity contribution < 1.29 is 9.21 Å². The lowest BCUT2D eigenvalue weighted by molar-refractivity contribution is 0.102. The summed E-state index contributed by atoms with van der Waals surface area (Å²) in [7, 11) is 0. The number of halogens is 2. The molecule has 0 bridgehead atoms. The molecule has 35 heavy (non-hydrogen) atoms. The van der Waals surface area contributed by atoms with E-state index in [-0.39, 0.29) is 5.91 Å². The average molecular weight is 588 g/mol. The van der Waals surface area contributed by atoms with Gasteiger partial charge in [0.25, 0.3) is 5.91 Å². The Morgan fingerprint density at radius 2 is 1.60 bits per heavy atom. The summed E-state index contributed by atoms with van der Waals surface area (Å²) in [4.78, 5) is 17.4. The maximum absolute atomic E-state index is 12.7. The Morgan fingerprint density at radius 1 is 0.886 bits per heavy atom. The first-order chi connectivity index (χ1) is 17.0. The molecule has 2 aromatic heterocycles. The maximum Gasteiger partial charge on any atom is 0.255 e. The third-order valence-electron chi connectivity index (χ3n) is 5.68. The van der Waals surface area contributed by atoms with Gasteiger partial charge in [-0.15, -0.1) is 0 Å². The lowest BCUT2D eigenvalue weighted by Gasteiger charge is -2.08. The lowest BCUT2D eigenvalue weighted by Crippen LogP contribution is -2.11. The fraction of sp³-hybridized carbons (Fsp3) is 0. The van der Waals surface area contributed by atoms with E-state index in [0.29, 0.717) is 17.1 Å². The van der Waals surface area contributed by atoms with Crippen molar-refractivity contribution in [3.63, 3.8) is 0 Å². The van der Waals surface area contributed by atoms with Crippen LogP contribution in [0.5, 0.6) is 0 Å². The predicted molar refractivity (Wildman–Crippen MR) is 144 cm³/mol. The summed E-state index contributed by atoms with van der Waals surface area (Å²) in [6, 6.07) is 25.1. The van der Waals surface area contributed by atoms with Crippen molar-refractivity contribution in [3.8, 4) is 22.7 Å². The van der Waals surface area contributed by atoms with Crippen molar-refractivity contribution in [1.29, 1.82) is 0 Å². The van der Waals surface area contributed by atoms with Crippen LogP contribution in [0.1, 0.15) is 10.4 Å². The number of H-pyrrole nitrogens is 1. The van der Waals surface area contributed by atoms with Crippen LogP contribution in [0.4, 0.5) is 5.69 Å². The van der Waals surface area contributed by atoms with Gasteiger partial charge in [0.05, 0.1) is 17.5 Å². The first kappa shape index (κ1) is 21.8. The van der Waals surface area contributed by atoms with Crippen LogP contribution in [0.15, 0.2) is 98.4 Å². The van der Waals surface area contributed by atoms with E-state index in [1.54, 1.807) is 18.3 Å². The molecule has 0 spiro atoms. The number of nitrogens with zero attached hydrogens (tertiary/aromatic N) is 2. The highest BCUT2D eigenvalue weighted by Crippen LogP contribution is 2.33. The fourth-order valence-corrected chi connectivity index (χ4v) is 5.30. The van der Waals surface area contributed by atoms with Crippen molar-refractivity contribution in [2.45, 2.75) is 0 Å². The van der Waals surface area contributed by atoms with Gasteiger partial charge in [0.1, 0.15) is 5.52 Å². The van der Waals surface area contributed by atoms with Crippen LogP contribution in [0.3, 0.4) is 0 Å². The highest BCUT2D eigenvalue weighted by Gasteiger charge is 2.17. The molecule has 0 atom stereocenters. The first-order valence-corrected chi connectivity index (χ1v) is 12.3. The number of oxazole rings is 1. The number of rotatable bonds is 4. The summed E-state index contributed by atoms with van der Waals surface area (Å²) < 4.78 is 7.74. The van der Waals surface area contributed by atoms with E-state index in [4.69, 9.17) is 9.40 Å². The molecular weight excluding hydrogens is 572 g/mol. The fourth-order valence-electron chi connectivity index (χ4n) is 4.00. The van der Waals surface area contributed by atoms with Gasteiger partial charge in [-0.25, -0.2) is 4.98 Å². The highest BCUT2D eigenvalue weighted by atomic mass is 79.9. The van der Waals surface area contributed by atoms with Crippen LogP contribution in [-0.4, -0.2) is 21.1 Å². The van der Waals surface area contributed by atoms with Gasteiger partial charge in [-0.05, 0) is 53.2 Å². The number of nitrogens with one attached hydrogen (secondary N) is 2. The molecule has 6 aromatic rings. The number of hydrogen-bond acceptors (Lipinski definition) is 4.